The van der Waals surface area contributed by atoms with E-state index in [1.54, 1.807) is 24.3 Å². The Labute approximate surface area is 163 Å². The van der Waals surface area contributed by atoms with E-state index in [1.807, 2.05) is 29.2 Å². The van der Waals surface area contributed by atoms with Crippen molar-refractivity contribution in [2.45, 2.75) is 12.8 Å². The molecule has 3 rings (SSSR count). The lowest BCUT2D eigenvalue weighted by molar-refractivity contribution is -0.131. The van der Waals surface area contributed by atoms with Crippen LogP contribution in [0.1, 0.15) is 23.2 Å². The molecule has 0 bridgehead atoms. The van der Waals surface area contributed by atoms with Crippen LogP contribution >= 0.6 is 23.2 Å². The first-order valence-corrected chi connectivity index (χ1v) is 9.36. The van der Waals surface area contributed by atoms with Gasteiger partial charge in [-0.25, -0.2) is 0 Å². The Balaban J connectivity index is 1.48. The summed E-state index contributed by atoms with van der Waals surface area (Å²) in [5, 5.41) is 1.31. The fourth-order valence-electron chi connectivity index (χ4n) is 3.06. The number of Topliss-reactive ketones (excluding diaryl/α,β-unsaturated/α-hetero) is 1. The number of amides is 1. The van der Waals surface area contributed by atoms with Crippen LogP contribution in [0.25, 0.3) is 0 Å². The second kappa shape index (κ2) is 8.56. The molecular weight excluding hydrogens is 371 g/mol. The van der Waals surface area contributed by atoms with Crippen molar-refractivity contribution >= 4 is 40.6 Å². The van der Waals surface area contributed by atoms with Gasteiger partial charge in [0.05, 0.1) is 10.7 Å². The molecule has 1 amide bonds. The van der Waals surface area contributed by atoms with Gasteiger partial charge in [-0.15, -0.1) is 0 Å². The zero-order valence-electron chi connectivity index (χ0n) is 14.3. The van der Waals surface area contributed by atoms with Crippen LogP contribution in [0.3, 0.4) is 0 Å². The SMILES string of the molecule is O=C(CCC(=O)N1CCN(c2ccccc2Cl)CC1)c1ccc(Cl)cc1. The molecule has 0 aromatic heterocycles. The van der Waals surface area contributed by atoms with E-state index in [0.717, 1.165) is 23.8 Å². The molecule has 26 heavy (non-hydrogen) atoms. The molecule has 1 aliphatic rings. The number of nitrogens with zero attached hydrogens (tertiary/aromatic N) is 2. The molecule has 1 heterocycles. The van der Waals surface area contributed by atoms with Crippen LogP contribution in [0, 0.1) is 0 Å². The lowest BCUT2D eigenvalue weighted by Crippen LogP contribution is -2.48. The number of carbonyl (C=O) groups is 2. The Kier molecular flexibility index (Phi) is 6.17. The largest absolute Gasteiger partial charge is 0.367 e. The highest BCUT2D eigenvalue weighted by atomic mass is 35.5. The summed E-state index contributed by atoms with van der Waals surface area (Å²) in [6.07, 6.45) is 0.443. The van der Waals surface area contributed by atoms with Gasteiger partial charge in [0.25, 0.3) is 0 Å². The van der Waals surface area contributed by atoms with Crippen LogP contribution in [-0.2, 0) is 4.79 Å². The molecule has 6 heteroatoms. The number of piperazine rings is 1. The summed E-state index contributed by atoms with van der Waals surface area (Å²) in [5.41, 5.74) is 1.59. The summed E-state index contributed by atoms with van der Waals surface area (Å²) >= 11 is 12.1. The molecule has 0 unspecified atom stereocenters. The molecule has 0 atom stereocenters. The average molecular weight is 391 g/mol. The summed E-state index contributed by atoms with van der Waals surface area (Å²) in [5.74, 6) is -0.0177. The van der Waals surface area contributed by atoms with Gasteiger partial charge in [0.1, 0.15) is 0 Å². The van der Waals surface area contributed by atoms with Crippen molar-refractivity contribution in [3.63, 3.8) is 0 Å². The van der Waals surface area contributed by atoms with E-state index in [1.165, 1.54) is 0 Å². The van der Waals surface area contributed by atoms with E-state index >= 15 is 0 Å². The summed E-state index contributed by atoms with van der Waals surface area (Å²) in [6, 6.07) is 14.5. The van der Waals surface area contributed by atoms with Gasteiger partial charge < -0.3 is 9.80 Å². The van der Waals surface area contributed by atoms with Gasteiger partial charge in [0.2, 0.25) is 5.91 Å². The maximum atomic E-state index is 12.4. The lowest BCUT2D eigenvalue weighted by Gasteiger charge is -2.36. The third-order valence-corrected chi connectivity index (χ3v) is 5.13. The number of halogens is 2. The van der Waals surface area contributed by atoms with E-state index in [0.29, 0.717) is 23.7 Å². The van der Waals surface area contributed by atoms with Crippen molar-refractivity contribution < 1.29 is 9.59 Å². The van der Waals surface area contributed by atoms with Gasteiger partial charge >= 0.3 is 0 Å². The Hall–Kier alpha value is -2.04. The molecule has 4 nitrogen and oxygen atoms in total. The standard InChI is InChI=1S/C20H20Cl2N2O2/c21-16-7-5-15(6-8-16)19(25)9-10-20(26)24-13-11-23(12-14-24)18-4-2-1-3-17(18)22/h1-8H,9-14H2. The number of para-hydroxylation sites is 1. The predicted octanol–water partition coefficient (Wildman–Crippen LogP) is 4.31. The number of ketones is 1. The number of benzene rings is 2. The molecular formula is C20H20Cl2N2O2. The second-order valence-electron chi connectivity index (χ2n) is 6.25. The second-order valence-corrected chi connectivity index (χ2v) is 7.09. The lowest BCUT2D eigenvalue weighted by atomic mass is 10.1. The number of rotatable bonds is 5. The maximum Gasteiger partial charge on any atom is 0.223 e. The molecule has 1 saturated heterocycles. The minimum absolute atomic E-state index is 0.0196. The van der Waals surface area contributed by atoms with Crippen LogP contribution < -0.4 is 4.90 Å². The maximum absolute atomic E-state index is 12.4. The number of hydrogen-bond donors (Lipinski definition) is 0. The monoisotopic (exact) mass is 390 g/mol. The van der Waals surface area contributed by atoms with Crippen molar-refractivity contribution in [2.75, 3.05) is 31.1 Å². The van der Waals surface area contributed by atoms with E-state index in [9.17, 15) is 9.59 Å². The van der Waals surface area contributed by atoms with Gasteiger partial charge in [-0.1, -0.05) is 35.3 Å². The minimum atomic E-state index is -0.0373. The van der Waals surface area contributed by atoms with Gasteiger partial charge in [-0.05, 0) is 36.4 Å². The van der Waals surface area contributed by atoms with E-state index in [-0.39, 0.29) is 24.5 Å². The summed E-state index contributed by atoms with van der Waals surface area (Å²) in [7, 11) is 0. The van der Waals surface area contributed by atoms with Gasteiger partial charge in [-0.3, -0.25) is 9.59 Å². The highest BCUT2D eigenvalue weighted by Crippen LogP contribution is 2.26. The average Bonchev–Trinajstić information content (AvgIpc) is 2.67. The van der Waals surface area contributed by atoms with Gasteiger partial charge in [-0.2, -0.15) is 0 Å². The summed E-state index contributed by atoms with van der Waals surface area (Å²) in [6.45, 7) is 2.75. The molecule has 1 fully saturated rings. The van der Waals surface area contributed by atoms with E-state index in [4.69, 9.17) is 23.2 Å². The number of anilines is 1. The third kappa shape index (κ3) is 4.57. The fraction of sp³-hybridized carbons (Fsp3) is 0.300. The smallest absolute Gasteiger partial charge is 0.223 e. The summed E-state index contributed by atoms with van der Waals surface area (Å²) < 4.78 is 0. The topological polar surface area (TPSA) is 40.6 Å². The Bertz CT molecular complexity index is 785. The highest BCUT2D eigenvalue weighted by molar-refractivity contribution is 6.33. The van der Waals surface area contributed by atoms with Crippen LogP contribution in [0.2, 0.25) is 10.0 Å². The molecule has 2 aromatic rings. The molecule has 1 aliphatic heterocycles. The molecule has 0 spiro atoms. The number of carbonyl (C=O) groups excluding carboxylic acids is 2. The molecule has 2 aromatic carbocycles. The van der Waals surface area contributed by atoms with Crippen molar-refractivity contribution in [2.24, 2.45) is 0 Å². The minimum Gasteiger partial charge on any atom is -0.367 e. The number of hydrogen-bond acceptors (Lipinski definition) is 3. The van der Waals surface area contributed by atoms with Crippen molar-refractivity contribution in [1.29, 1.82) is 0 Å². The fourth-order valence-corrected chi connectivity index (χ4v) is 3.44. The third-order valence-electron chi connectivity index (χ3n) is 4.56. The molecule has 0 saturated carbocycles. The molecule has 136 valence electrons. The molecule has 0 aliphatic carbocycles. The van der Waals surface area contributed by atoms with Crippen molar-refractivity contribution in [3.8, 4) is 0 Å². The molecule has 0 radical (unpaired) electrons. The highest BCUT2D eigenvalue weighted by Gasteiger charge is 2.22. The molecule has 0 N–H and O–H groups in total. The Morgan fingerprint density at radius 1 is 0.846 bits per heavy atom. The van der Waals surface area contributed by atoms with Gasteiger partial charge in [0, 0.05) is 49.6 Å². The Morgan fingerprint density at radius 2 is 1.50 bits per heavy atom. The zero-order valence-corrected chi connectivity index (χ0v) is 15.8. The predicted molar refractivity (Wildman–Crippen MR) is 105 cm³/mol. The van der Waals surface area contributed by atoms with E-state index in [2.05, 4.69) is 4.90 Å². The van der Waals surface area contributed by atoms with Crippen LogP contribution in [0.15, 0.2) is 48.5 Å². The van der Waals surface area contributed by atoms with E-state index < -0.39 is 0 Å². The van der Waals surface area contributed by atoms with Gasteiger partial charge in [0.15, 0.2) is 5.78 Å². The van der Waals surface area contributed by atoms with Crippen molar-refractivity contribution in [3.05, 3.63) is 64.1 Å². The quantitative estimate of drug-likeness (QED) is 0.714. The first-order chi connectivity index (χ1) is 12.5. The van der Waals surface area contributed by atoms with Crippen LogP contribution in [-0.4, -0.2) is 42.8 Å². The normalized spacial score (nSPS) is 14.4. The Morgan fingerprint density at radius 3 is 2.15 bits per heavy atom. The van der Waals surface area contributed by atoms with Crippen LogP contribution in [0.4, 0.5) is 5.69 Å². The first kappa shape index (κ1) is 18.7. The summed E-state index contributed by atoms with van der Waals surface area (Å²) in [4.78, 5) is 28.6. The van der Waals surface area contributed by atoms with Crippen molar-refractivity contribution in [1.82, 2.24) is 4.90 Å². The zero-order chi connectivity index (χ0) is 18.5. The first-order valence-electron chi connectivity index (χ1n) is 8.60. The van der Waals surface area contributed by atoms with Crippen LogP contribution in [0.5, 0.6) is 0 Å².